The van der Waals surface area contributed by atoms with Gasteiger partial charge in [0.15, 0.2) is 0 Å². The van der Waals surface area contributed by atoms with Crippen LogP contribution in [0.15, 0.2) is 21.0 Å². The molecule has 0 bridgehead atoms. The molecular weight excluding hydrogens is 314 g/mol. The highest BCUT2D eigenvalue weighted by Gasteiger charge is 2.16. The van der Waals surface area contributed by atoms with Crippen LogP contribution >= 0.6 is 22.7 Å². The van der Waals surface area contributed by atoms with Crippen LogP contribution in [0.2, 0.25) is 0 Å². The molecule has 0 atom stereocenters. The first-order valence-corrected chi connectivity index (χ1v) is 9.44. The molecule has 0 saturated carbocycles. The Labute approximate surface area is 127 Å². The molecule has 2 N–H and O–H groups in total. The molecular formula is C12H17N3O2S3. The maximum Gasteiger partial charge on any atom is 0.250 e. The van der Waals surface area contributed by atoms with Crippen molar-refractivity contribution >= 4 is 32.7 Å². The first-order chi connectivity index (χ1) is 9.51. The van der Waals surface area contributed by atoms with Crippen LogP contribution in [-0.4, -0.2) is 19.9 Å². The van der Waals surface area contributed by atoms with Crippen LogP contribution in [0.3, 0.4) is 0 Å². The van der Waals surface area contributed by atoms with Crippen LogP contribution in [0.25, 0.3) is 0 Å². The molecule has 0 aliphatic rings. The monoisotopic (exact) mass is 331 g/mol. The zero-order valence-corrected chi connectivity index (χ0v) is 13.8. The molecule has 2 heterocycles. The van der Waals surface area contributed by atoms with Gasteiger partial charge in [-0.2, -0.15) is 0 Å². The highest BCUT2D eigenvalue weighted by Crippen LogP contribution is 2.20. The SMILES string of the molecule is CCNCc1csc(S(=O)(=O)NCc2csc(C)n2)c1. The minimum Gasteiger partial charge on any atom is -0.313 e. The number of thiophene rings is 1. The van der Waals surface area contributed by atoms with E-state index in [9.17, 15) is 8.42 Å². The highest BCUT2D eigenvalue weighted by atomic mass is 32.2. The number of aryl methyl sites for hydroxylation is 1. The molecule has 8 heteroatoms. The van der Waals surface area contributed by atoms with Gasteiger partial charge in [-0.3, -0.25) is 0 Å². The lowest BCUT2D eigenvalue weighted by Gasteiger charge is -2.02. The fourth-order valence-electron chi connectivity index (χ4n) is 1.59. The van der Waals surface area contributed by atoms with Gasteiger partial charge in [-0.05, 0) is 30.5 Å². The predicted octanol–water partition coefficient (Wildman–Crippen LogP) is 2.10. The maximum atomic E-state index is 12.2. The van der Waals surface area contributed by atoms with Crippen molar-refractivity contribution in [1.82, 2.24) is 15.0 Å². The number of hydrogen-bond donors (Lipinski definition) is 2. The molecule has 0 unspecified atom stereocenters. The van der Waals surface area contributed by atoms with Gasteiger partial charge in [-0.1, -0.05) is 6.92 Å². The molecule has 2 rings (SSSR count). The Morgan fingerprint density at radius 3 is 2.70 bits per heavy atom. The average Bonchev–Trinajstić information content (AvgIpc) is 3.03. The molecule has 0 saturated heterocycles. The Morgan fingerprint density at radius 2 is 2.05 bits per heavy atom. The molecule has 0 spiro atoms. The zero-order valence-electron chi connectivity index (χ0n) is 11.3. The minimum absolute atomic E-state index is 0.229. The highest BCUT2D eigenvalue weighted by molar-refractivity contribution is 7.91. The van der Waals surface area contributed by atoms with Crippen molar-refractivity contribution in [3.63, 3.8) is 0 Å². The summed E-state index contributed by atoms with van der Waals surface area (Å²) in [6.45, 7) is 5.69. The molecule has 110 valence electrons. The van der Waals surface area contributed by atoms with Crippen molar-refractivity contribution in [2.75, 3.05) is 6.54 Å². The summed E-state index contributed by atoms with van der Waals surface area (Å²) in [5, 5.41) is 7.84. The second-order valence-electron chi connectivity index (χ2n) is 4.24. The van der Waals surface area contributed by atoms with E-state index in [0.717, 1.165) is 22.8 Å². The summed E-state index contributed by atoms with van der Waals surface area (Å²) in [5.74, 6) is 0. The lowest BCUT2D eigenvalue weighted by atomic mass is 10.3. The molecule has 5 nitrogen and oxygen atoms in total. The standard InChI is InChI=1S/C12H17N3O2S3/c1-3-13-5-10-4-12(19-7-10)20(16,17)14-6-11-8-18-9(2)15-11/h4,7-8,13-14H,3,5-6H2,1-2H3. The lowest BCUT2D eigenvalue weighted by Crippen LogP contribution is -2.22. The van der Waals surface area contributed by atoms with E-state index < -0.39 is 10.0 Å². The summed E-state index contributed by atoms with van der Waals surface area (Å²) in [5.41, 5.74) is 1.74. The Bertz CT molecular complexity index is 661. The number of nitrogens with one attached hydrogen (secondary N) is 2. The minimum atomic E-state index is -3.45. The van der Waals surface area contributed by atoms with Crippen LogP contribution in [0, 0.1) is 6.92 Å². The average molecular weight is 331 g/mol. The van der Waals surface area contributed by atoms with E-state index in [4.69, 9.17) is 0 Å². The van der Waals surface area contributed by atoms with Crippen molar-refractivity contribution in [2.45, 2.75) is 31.1 Å². The molecule has 2 aromatic heterocycles. The third-order valence-electron chi connectivity index (χ3n) is 2.58. The van der Waals surface area contributed by atoms with Crippen molar-refractivity contribution in [1.29, 1.82) is 0 Å². The van der Waals surface area contributed by atoms with Gasteiger partial charge in [0.05, 0.1) is 17.2 Å². The Hall–Kier alpha value is -0.800. The van der Waals surface area contributed by atoms with Crippen LogP contribution in [0.4, 0.5) is 0 Å². The Balaban J connectivity index is 2.00. The molecule has 20 heavy (non-hydrogen) atoms. The first kappa shape index (κ1) is 15.6. The molecule has 0 fully saturated rings. The summed E-state index contributed by atoms with van der Waals surface area (Å²) >= 11 is 2.75. The number of rotatable bonds is 7. The van der Waals surface area contributed by atoms with Gasteiger partial charge in [0.2, 0.25) is 10.0 Å². The third-order valence-corrected chi connectivity index (χ3v) is 6.30. The molecule has 2 aromatic rings. The van der Waals surface area contributed by atoms with E-state index in [0.29, 0.717) is 10.8 Å². The van der Waals surface area contributed by atoms with Crippen LogP contribution in [0.1, 0.15) is 23.2 Å². The smallest absolute Gasteiger partial charge is 0.250 e. The number of hydrogen-bond acceptors (Lipinski definition) is 6. The van der Waals surface area contributed by atoms with E-state index in [2.05, 4.69) is 15.0 Å². The summed E-state index contributed by atoms with van der Waals surface area (Å²) in [7, 11) is -3.45. The Morgan fingerprint density at radius 1 is 1.25 bits per heavy atom. The van der Waals surface area contributed by atoms with Crippen LogP contribution < -0.4 is 10.0 Å². The molecule has 0 radical (unpaired) electrons. The number of aromatic nitrogens is 1. The van der Waals surface area contributed by atoms with Gasteiger partial charge in [0.25, 0.3) is 0 Å². The summed E-state index contributed by atoms with van der Waals surface area (Å²) in [6.07, 6.45) is 0. The van der Waals surface area contributed by atoms with E-state index in [1.165, 1.54) is 22.7 Å². The number of sulfonamides is 1. The van der Waals surface area contributed by atoms with Gasteiger partial charge < -0.3 is 5.32 Å². The Kier molecular flexibility index (Phi) is 5.28. The molecule has 0 aromatic carbocycles. The second-order valence-corrected chi connectivity index (χ2v) is 8.20. The van der Waals surface area contributed by atoms with E-state index in [-0.39, 0.29) is 6.54 Å². The maximum absolute atomic E-state index is 12.2. The van der Waals surface area contributed by atoms with Crippen molar-refractivity contribution < 1.29 is 8.42 Å². The number of thiazole rings is 1. The van der Waals surface area contributed by atoms with Crippen molar-refractivity contribution in [2.24, 2.45) is 0 Å². The lowest BCUT2D eigenvalue weighted by molar-refractivity contribution is 0.582. The van der Waals surface area contributed by atoms with Gasteiger partial charge in [0.1, 0.15) is 4.21 Å². The van der Waals surface area contributed by atoms with Gasteiger partial charge >= 0.3 is 0 Å². The normalized spacial score (nSPS) is 11.9. The van der Waals surface area contributed by atoms with Gasteiger partial charge in [0, 0.05) is 11.9 Å². The second kappa shape index (κ2) is 6.77. The zero-order chi connectivity index (χ0) is 14.6. The first-order valence-electron chi connectivity index (χ1n) is 6.20. The third kappa shape index (κ3) is 4.10. The molecule has 0 aliphatic heterocycles. The summed E-state index contributed by atoms with van der Waals surface area (Å²) < 4.78 is 27.2. The predicted molar refractivity (Wildman–Crippen MR) is 82.6 cm³/mol. The number of nitrogens with zero attached hydrogens (tertiary/aromatic N) is 1. The molecule has 0 aliphatic carbocycles. The quantitative estimate of drug-likeness (QED) is 0.815. The largest absolute Gasteiger partial charge is 0.313 e. The molecule has 0 amide bonds. The van der Waals surface area contributed by atoms with Crippen LogP contribution in [0.5, 0.6) is 0 Å². The van der Waals surface area contributed by atoms with Crippen molar-refractivity contribution in [3.8, 4) is 0 Å². The van der Waals surface area contributed by atoms with Gasteiger partial charge in [-0.15, -0.1) is 22.7 Å². The van der Waals surface area contributed by atoms with Crippen LogP contribution in [-0.2, 0) is 23.1 Å². The fraction of sp³-hybridized carbons (Fsp3) is 0.417. The fourth-order valence-corrected chi connectivity index (χ4v) is 4.45. The van der Waals surface area contributed by atoms with Crippen molar-refractivity contribution in [3.05, 3.63) is 33.1 Å². The summed E-state index contributed by atoms with van der Waals surface area (Å²) in [6, 6.07) is 1.71. The topological polar surface area (TPSA) is 71.1 Å². The van der Waals surface area contributed by atoms with Gasteiger partial charge in [-0.25, -0.2) is 18.1 Å². The van der Waals surface area contributed by atoms with E-state index >= 15 is 0 Å². The van der Waals surface area contributed by atoms with E-state index in [1.807, 2.05) is 24.6 Å². The summed E-state index contributed by atoms with van der Waals surface area (Å²) in [4.78, 5) is 4.24. The van der Waals surface area contributed by atoms with E-state index in [1.54, 1.807) is 6.07 Å².